The Balaban J connectivity index is 1.43. The number of imidazole rings is 1. The molecule has 0 bridgehead atoms. The predicted octanol–water partition coefficient (Wildman–Crippen LogP) is 10.2. The normalized spacial score (nSPS) is 12.6. The van der Waals surface area contributed by atoms with E-state index in [2.05, 4.69) is 65.7 Å². The number of hydrogen-bond acceptors (Lipinski definition) is 8. The molecule has 3 N–H and O–H groups in total. The minimum atomic E-state index is -0.426. The van der Waals surface area contributed by atoms with Crippen molar-refractivity contribution in [2.75, 3.05) is 23.8 Å². The second-order valence-electron chi connectivity index (χ2n) is 13.0. The van der Waals surface area contributed by atoms with Crippen LogP contribution in [-0.2, 0) is 4.74 Å². The van der Waals surface area contributed by atoms with Gasteiger partial charge < -0.3 is 25.0 Å². The lowest BCUT2D eigenvalue weighted by Gasteiger charge is -2.20. The van der Waals surface area contributed by atoms with Crippen LogP contribution in [0.1, 0.15) is 128 Å². The molecule has 2 aromatic heterocycles. The Morgan fingerprint density at radius 3 is 2.29 bits per heavy atom. The molecule has 0 amide bonds. The van der Waals surface area contributed by atoms with E-state index in [1.54, 1.807) is 24.5 Å². The van der Waals surface area contributed by atoms with Gasteiger partial charge in [0.15, 0.2) is 17.0 Å². The van der Waals surface area contributed by atoms with Crippen molar-refractivity contribution in [2.24, 2.45) is 5.92 Å². The summed E-state index contributed by atoms with van der Waals surface area (Å²) in [4.78, 5) is 26.7. The molecule has 48 heavy (non-hydrogen) atoms. The van der Waals surface area contributed by atoms with Crippen LogP contribution in [0.2, 0.25) is 5.02 Å². The van der Waals surface area contributed by atoms with Crippen LogP contribution in [0.15, 0.2) is 48.8 Å². The molecule has 1 aromatic carbocycles. The molecule has 9 nitrogen and oxygen atoms in total. The van der Waals surface area contributed by atoms with Gasteiger partial charge in [-0.1, -0.05) is 95.2 Å². The van der Waals surface area contributed by atoms with Crippen molar-refractivity contribution < 1.29 is 14.6 Å². The third kappa shape index (κ3) is 12.9. The molecule has 0 saturated heterocycles. The fraction of sp³-hybridized carbons (Fsp3) is 0.579. The monoisotopic (exact) mass is 680 g/mol. The molecular formula is C38H57ClN6O3. The third-order valence-electron chi connectivity index (χ3n) is 8.32. The van der Waals surface area contributed by atoms with E-state index in [9.17, 15) is 9.90 Å². The van der Waals surface area contributed by atoms with Crippen LogP contribution >= 0.6 is 11.6 Å². The number of unbranched alkanes of at least 4 members (excludes halogenated alkanes) is 9. The summed E-state index contributed by atoms with van der Waals surface area (Å²) in [7, 11) is 0. The molecule has 0 aliphatic rings. The van der Waals surface area contributed by atoms with Crippen LogP contribution in [0.25, 0.3) is 11.2 Å². The van der Waals surface area contributed by atoms with Crippen LogP contribution in [0.5, 0.6) is 0 Å². The number of aromatic nitrogens is 4. The Bertz CT molecular complexity index is 1450. The van der Waals surface area contributed by atoms with Crippen molar-refractivity contribution in [2.45, 2.75) is 124 Å². The van der Waals surface area contributed by atoms with E-state index < -0.39 is 5.97 Å². The number of anilines is 3. The van der Waals surface area contributed by atoms with Gasteiger partial charge in [0, 0.05) is 11.7 Å². The predicted molar refractivity (Wildman–Crippen MR) is 199 cm³/mol. The summed E-state index contributed by atoms with van der Waals surface area (Å²) < 4.78 is 7.50. The number of aliphatic hydroxyl groups excluding tert-OH is 1. The molecular weight excluding hydrogens is 624 g/mol. The first-order valence-corrected chi connectivity index (χ1v) is 18.3. The number of esters is 1. The van der Waals surface area contributed by atoms with E-state index in [1.165, 1.54) is 44.9 Å². The van der Waals surface area contributed by atoms with Crippen molar-refractivity contribution in [3.63, 3.8) is 0 Å². The number of carbonyl (C=O) groups excluding carboxylic acids is 1. The van der Waals surface area contributed by atoms with E-state index in [-0.39, 0.29) is 24.6 Å². The first-order chi connectivity index (χ1) is 23.2. The largest absolute Gasteiger partial charge is 0.462 e. The van der Waals surface area contributed by atoms with Gasteiger partial charge >= 0.3 is 5.97 Å². The molecule has 0 aliphatic carbocycles. The van der Waals surface area contributed by atoms with E-state index in [4.69, 9.17) is 21.3 Å². The zero-order valence-electron chi connectivity index (χ0n) is 29.7. The summed E-state index contributed by atoms with van der Waals surface area (Å²) in [6, 6.07) is 5.05. The maximum absolute atomic E-state index is 12.8. The van der Waals surface area contributed by atoms with Gasteiger partial charge in [-0.3, -0.25) is 0 Å². The molecule has 0 aliphatic heterocycles. The van der Waals surface area contributed by atoms with E-state index in [0.717, 1.165) is 32.1 Å². The average Bonchev–Trinajstić information content (AvgIpc) is 3.49. The highest BCUT2D eigenvalue weighted by molar-refractivity contribution is 6.33. The van der Waals surface area contributed by atoms with Gasteiger partial charge in [0.25, 0.3) is 0 Å². The van der Waals surface area contributed by atoms with Gasteiger partial charge in [0.2, 0.25) is 5.95 Å². The summed E-state index contributed by atoms with van der Waals surface area (Å²) in [6.45, 7) is 10.7. The van der Waals surface area contributed by atoms with Crippen LogP contribution in [0.3, 0.4) is 0 Å². The molecule has 3 rings (SSSR count). The minimum Gasteiger partial charge on any atom is -0.462 e. The number of ether oxygens (including phenoxy) is 1. The number of rotatable bonds is 23. The minimum absolute atomic E-state index is 0.0473. The Hall–Kier alpha value is -3.43. The van der Waals surface area contributed by atoms with Gasteiger partial charge in [-0.25, -0.2) is 9.78 Å². The summed E-state index contributed by atoms with van der Waals surface area (Å²) in [5, 5.41) is 16.7. The van der Waals surface area contributed by atoms with Gasteiger partial charge in [-0.2, -0.15) is 9.97 Å². The molecule has 3 aromatic rings. The summed E-state index contributed by atoms with van der Waals surface area (Å²) in [6.07, 6.45) is 24.9. The van der Waals surface area contributed by atoms with Gasteiger partial charge in [-0.15, -0.1) is 0 Å². The number of aliphatic hydroxyl groups is 1. The second kappa shape index (κ2) is 21.5. The van der Waals surface area contributed by atoms with Gasteiger partial charge in [0.1, 0.15) is 0 Å². The lowest BCUT2D eigenvalue weighted by molar-refractivity contribution is 0.0498. The molecule has 1 atom stereocenters. The quantitative estimate of drug-likeness (QED) is 0.0515. The van der Waals surface area contributed by atoms with Gasteiger partial charge in [-0.05, 0) is 76.5 Å². The van der Waals surface area contributed by atoms with Crippen LogP contribution in [0, 0.1) is 5.92 Å². The smallest absolute Gasteiger partial charge is 0.339 e. The zero-order chi connectivity index (χ0) is 34.7. The van der Waals surface area contributed by atoms with Crippen molar-refractivity contribution in [1.82, 2.24) is 19.5 Å². The first kappa shape index (κ1) is 39.0. The highest BCUT2D eigenvalue weighted by atomic mass is 35.5. The Morgan fingerprint density at radius 2 is 1.65 bits per heavy atom. The molecule has 0 radical (unpaired) electrons. The maximum atomic E-state index is 12.8. The topological polar surface area (TPSA) is 114 Å². The lowest BCUT2D eigenvalue weighted by Crippen LogP contribution is -2.30. The molecule has 0 spiro atoms. The van der Waals surface area contributed by atoms with E-state index >= 15 is 0 Å². The molecule has 0 unspecified atom stereocenters. The average molecular weight is 681 g/mol. The number of nitrogens with one attached hydrogen (secondary N) is 2. The number of halogens is 1. The number of hydrogen-bond donors (Lipinski definition) is 3. The SMILES string of the molecule is CCCCC/C=C\C/C=C\CCCCCCCCOC(=O)c1ccc(Nc2nc(N[C@@H](CO)C(C)C)nc3c2ncn3C(C)C)cc1Cl. The molecule has 264 valence electrons. The summed E-state index contributed by atoms with van der Waals surface area (Å²) >= 11 is 6.55. The van der Waals surface area contributed by atoms with E-state index in [0.29, 0.717) is 45.8 Å². The Morgan fingerprint density at radius 1 is 0.958 bits per heavy atom. The highest BCUT2D eigenvalue weighted by Crippen LogP contribution is 2.29. The molecule has 0 fully saturated rings. The highest BCUT2D eigenvalue weighted by Gasteiger charge is 2.19. The lowest BCUT2D eigenvalue weighted by atomic mass is 10.1. The van der Waals surface area contributed by atoms with Crippen molar-refractivity contribution in [1.29, 1.82) is 0 Å². The van der Waals surface area contributed by atoms with Crippen molar-refractivity contribution in [3.05, 3.63) is 59.4 Å². The Labute approximate surface area is 292 Å². The Kier molecular flexibility index (Phi) is 17.5. The molecule has 2 heterocycles. The standard InChI is InChI=1S/C38H57ClN6O3/c1-6-7-8-9-10-11-12-13-14-15-16-17-18-19-20-21-24-48-37(47)31-23-22-30(25-32(31)39)41-35-34-36(45(27-40-34)29(4)5)44-38(43-35)42-33(26-46)28(2)3/h10-11,13-14,22-23,25,27-29,33,46H,6-9,12,15-21,24,26H2,1-5H3,(H2,41,42,43,44)/b11-10-,14-13-/t33-/m0/s1. The summed E-state index contributed by atoms with van der Waals surface area (Å²) in [5.74, 6) is 0.623. The van der Waals surface area contributed by atoms with Gasteiger partial charge in [0.05, 0.1) is 36.2 Å². The number of benzene rings is 1. The fourth-order valence-electron chi connectivity index (χ4n) is 5.26. The molecule has 10 heteroatoms. The van der Waals surface area contributed by atoms with Crippen molar-refractivity contribution >= 4 is 46.2 Å². The number of allylic oxidation sites excluding steroid dienone is 4. The first-order valence-electron chi connectivity index (χ1n) is 17.9. The fourth-order valence-corrected chi connectivity index (χ4v) is 5.52. The number of fused-ring (bicyclic) bond motifs is 1. The van der Waals surface area contributed by atoms with Crippen molar-refractivity contribution in [3.8, 4) is 0 Å². The zero-order valence-corrected chi connectivity index (χ0v) is 30.4. The van der Waals surface area contributed by atoms with Crippen LogP contribution in [-0.4, -0.2) is 49.9 Å². The summed E-state index contributed by atoms with van der Waals surface area (Å²) in [5.41, 5.74) is 2.24. The van der Waals surface area contributed by atoms with E-state index in [1.807, 2.05) is 18.4 Å². The number of carbonyl (C=O) groups is 1. The second-order valence-corrected chi connectivity index (χ2v) is 13.4. The third-order valence-corrected chi connectivity index (χ3v) is 8.64. The maximum Gasteiger partial charge on any atom is 0.339 e. The molecule has 0 saturated carbocycles. The van der Waals surface area contributed by atoms with Crippen LogP contribution < -0.4 is 10.6 Å². The number of nitrogens with zero attached hydrogens (tertiary/aromatic N) is 4. The van der Waals surface area contributed by atoms with Crippen LogP contribution in [0.4, 0.5) is 17.5 Å².